The van der Waals surface area contributed by atoms with Crippen molar-refractivity contribution in [3.63, 3.8) is 0 Å². The minimum atomic E-state index is -1.38. The molecule has 0 saturated heterocycles. The molecule has 8 nitrogen and oxygen atoms in total. The zero-order valence-electron chi connectivity index (χ0n) is 23.3. The number of anilines is 2. The van der Waals surface area contributed by atoms with Crippen molar-refractivity contribution >= 4 is 54.7 Å². The number of carbonyl (C=O) groups excluding carboxylic acids is 1. The molecule has 10 heteroatoms. The molecule has 0 unspecified atom stereocenters. The summed E-state index contributed by atoms with van der Waals surface area (Å²) in [4.78, 5) is 32.7. The number of amides is 1. The van der Waals surface area contributed by atoms with Gasteiger partial charge in [-0.2, -0.15) is 25.3 Å². The first kappa shape index (κ1) is 30.7. The molecular weight excluding hydrogens is 534 g/mol. The van der Waals surface area contributed by atoms with E-state index in [1.807, 2.05) is 69.9 Å². The number of hydrogen-bond acceptors (Lipinski definition) is 8. The fourth-order valence-electron chi connectivity index (χ4n) is 4.15. The normalized spacial score (nSPS) is 13.7. The van der Waals surface area contributed by atoms with Gasteiger partial charge in [-0.25, -0.2) is 9.59 Å². The molecular formula is C29H39N3O5S2. The summed E-state index contributed by atoms with van der Waals surface area (Å²) in [6, 6.07) is 13.4. The number of hydrogen-bond donors (Lipinski definition) is 3. The highest BCUT2D eigenvalue weighted by atomic mass is 32.1. The van der Waals surface area contributed by atoms with Gasteiger partial charge in [0, 0.05) is 26.4 Å². The highest BCUT2D eigenvalue weighted by molar-refractivity contribution is 7.81. The molecule has 1 aliphatic heterocycles. The summed E-state index contributed by atoms with van der Waals surface area (Å²) in [5, 5.41) is 9.41. The van der Waals surface area contributed by atoms with E-state index in [1.165, 1.54) is 0 Å². The first-order chi connectivity index (χ1) is 18.2. The van der Waals surface area contributed by atoms with Gasteiger partial charge in [-0.15, -0.1) is 0 Å². The average molecular weight is 574 g/mol. The Labute approximate surface area is 242 Å². The molecule has 2 aromatic carbocycles. The van der Waals surface area contributed by atoms with Crippen molar-refractivity contribution in [3.05, 3.63) is 53.6 Å². The first-order valence-electron chi connectivity index (χ1n) is 13.0. The summed E-state index contributed by atoms with van der Waals surface area (Å²) < 4.78 is 10.2. The van der Waals surface area contributed by atoms with Crippen molar-refractivity contribution in [1.82, 2.24) is 4.90 Å². The van der Waals surface area contributed by atoms with Gasteiger partial charge >= 0.3 is 12.2 Å². The molecule has 1 heterocycles. The van der Waals surface area contributed by atoms with E-state index in [1.54, 1.807) is 17.0 Å². The van der Waals surface area contributed by atoms with Gasteiger partial charge in [0.1, 0.15) is 11.6 Å². The minimum Gasteiger partial charge on any atom is -0.449 e. The van der Waals surface area contributed by atoms with Crippen molar-refractivity contribution in [2.45, 2.75) is 63.4 Å². The van der Waals surface area contributed by atoms with E-state index in [0.29, 0.717) is 38.2 Å². The SMILES string of the molecule is Cc1ccc(N(CC2=NCCN2C(=O)OCCC(C)(C)S)c2cccc(OC(=O)O)c2CCC(C)(C)S)cc1. The maximum atomic E-state index is 13.0. The molecule has 0 bridgehead atoms. The van der Waals surface area contributed by atoms with Gasteiger partial charge in [0.05, 0.1) is 26.2 Å². The van der Waals surface area contributed by atoms with E-state index < -0.39 is 12.2 Å². The molecule has 212 valence electrons. The molecule has 1 aliphatic rings. The van der Waals surface area contributed by atoms with Crippen LogP contribution in [0.1, 0.15) is 51.7 Å². The van der Waals surface area contributed by atoms with Crippen LogP contribution < -0.4 is 9.64 Å². The van der Waals surface area contributed by atoms with Crippen LogP contribution in [0.3, 0.4) is 0 Å². The number of aryl methyl sites for hydroxylation is 1. The number of aliphatic imine (C=N–C) groups is 1. The van der Waals surface area contributed by atoms with E-state index in [0.717, 1.165) is 22.5 Å². The minimum absolute atomic E-state index is 0.245. The molecule has 0 aromatic heterocycles. The number of amidine groups is 1. The summed E-state index contributed by atoms with van der Waals surface area (Å²) >= 11 is 9.18. The quantitative estimate of drug-likeness (QED) is 0.156. The smallest absolute Gasteiger partial charge is 0.449 e. The molecule has 0 saturated carbocycles. The second kappa shape index (κ2) is 13.0. The summed E-state index contributed by atoms with van der Waals surface area (Å²) in [7, 11) is 0. The molecule has 1 amide bonds. The fourth-order valence-corrected chi connectivity index (χ4v) is 4.36. The zero-order valence-corrected chi connectivity index (χ0v) is 25.1. The fraction of sp³-hybridized carbons (Fsp3) is 0.483. The van der Waals surface area contributed by atoms with Gasteiger partial charge in [0.25, 0.3) is 0 Å². The van der Waals surface area contributed by atoms with Crippen molar-refractivity contribution < 1.29 is 24.2 Å². The third kappa shape index (κ3) is 9.39. The van der Waals surface area contributed by atoms with Gasteiger partial charge in [-0.3, -0.25) is 9.89 Å². The monoisotopic (exact) mass is 573 g/mol. The lowest BCUT2D eigenvalue weighted by Crippen LogP contribution is -2.41. The lowest BCUT2D eigenvalue weighted by Gasteiger charge is -2.31. The molecule has 39 heavy (non-hydrogen) atoms. The highest BCUT2D eigenvalue weighted by Crippen LogP contribution is 2.37. The highest BCUT2D eigenvalue weighted by Gasteiger charge is 2.29. The Hall–Kier alpha value is -2.85. The summed E-state index contributed by atoms with van der Waals surface area (Å²) in [5.41, 5.74) is 3.50. The van der Waals surface area contributed by atoms with E-state index in [2.05, 4.69) is 30.2 Å². The third-order valence-corrected chi connectivity index (χ3v) is 6.76. The van der Waals surface area contributed by atoms with Crippen LogP contribution in [0.5, 0.6) is 5.75 Å². The summed E-state index contributed by atoms with van der Waals surface area (Å²) in [6.07, 6.45) is 0.0339. The van der Waals surface area contributed by atoms with Crippen molar-refractivity contribution in [2.24, 2.45) is 4.99 Å². The molecule has 1 N–H and O–H groups in total. The Morgan fingerprint density at radius 1 is 1.05 bits per heavy atom. The van der Waals surface area contributed by atoms with Crippen LogP contribution in [-0.4, -0.2) is 63.8 Å². The van der Waals surface area contributed by atoms with Crippen molar-refractivity contribution in [1.29, 1.82) is 0 Å². The van der Waals surface area contributed by atoms with Crippen LogP contribution in [0.25, 0.3) is 0 Å². The van der Waals surface area contributed by atoms with Crippen LogP contribution in [0.4, 0.5) is 21.0 Å². The Bertz CT molecular complexity index is 1190. The molecule has 0 radical (unpaired) electrons. The molecule has 2 aromatic rings. The molecule has 3 rings (SSSR count). The van der Waals surface area contributed by atoms with Gasteiger partial charge in [0.15, 0.2) is 0 Å². The maximum absolute atomic E-state index is 13.0. The predicted octanol–water partition coefficient (Wildman–Crippen LogP) is 6.78. The molecule has 0 spiro atoms. The lowest BCUT2D eigenvalue weighted by atomic mass is 9.98. The van der Waals surface area contributed by atoms with Gasteiger partial charge in [-0.1, -0.05) is 51.5 Å². The van der Waals surface area contributed by atoms with Gasteiger partial charge in [-0.05, 0) is 50.5 Å². The Balaban J connectivity index is 1.98. The summed E-state index contributed by atoms with van der Waals surface area (Å²) in [5.74, 6) is 0.851. The van der Waals surface area contributed by atoms with Crippen LogP contribution in [0, 0.1) is 6.92 Å². The average Bonchev–Trinajstić information content (AvgIpc) is 3.29. The molecule has 0 fully saturated rings. The largest absolute Gasteiger partial charge is 0.511 e. The van der Waals surface area contributed by atoms with Crippen molar-refractivity contribution in [2.75, 3.05) is 31.1 Å². The Kier molecular flexibility index (Phi) is 10.2. The second-order valence-corrected chi connectivity index (χ2v) is 13.4. The van der Waals surface area contributed by atoms with E-state index in [4.69, 9.17) is 9.47 Å². The van der Waals surface area contributed by atoms with Crippen molar-refractivity contribution in [3.8, 4) is 5.75 Å². The number of carboxylic acid groups (broad SMARTS) is 1. The summed E-state index contributed by atoms with van der Waals surface area (Å²) in [6.45, 7) is 11.4. The second-order valence-electron chi connectivity index (χ2n) is 11.0. The predicted molar refractivity (Wildman–Crippen MR) is 163 cm³/mol. The first-order valence-corrected chi connectivity index (χ1v) is 13.9. The standard InChI is InChI=1S/C29H39N3O5S2/c1-20-9-11-21(12-10-20)32(19-25-30-16-17-31(25)26(33)36-18-15-29(4,5)39)23-7-6-8-24(37-27(34)35)22(23)13-14-28(2,3)38/h6-12,38-39H,13-19H2,1-5H3,(H,34,35). The Morgan fingerprint density at radius 3 is 2.33 bits per heavy atom. The number of nitrogens with zero attached hydrogens (tertiary/aromatic N) is 3. The lowest BCUT2D eigenvalue weighted by molar-refractivity contribution is 0.121. The van der Waals surface area contributed by atoms with Gasteiger partial charge < -0.3 is 19.5 Å². The van der Waals surface area contributed by atoms with Crippen LogP contribution >= 0.6 is 25.3 Å². The number of ether oxygens (including phenoxy) is 2. The number of thiol groups is 2. The topological polar surface area (TPSA) is 91.7 Å². The van der Waals surface area contributed by atoms with Crippen LogP contribution in [-0.2, 0) is 11.2 Å². The number of carbonyl (C=O) groups is 2. The van der Waals surface area contributed by atoms with Crippen LogP contribution in [0.2, 0.25) is 0 Å². The van der Waals surface area contributed by atoms with E-state index in [-0.39, 0.29) is 28.4 Å². The van der Waals surface area contributed by atoms with Crippen LogP contribution in [0.15, 0.2) is 47.5 Å². The maximum Gasteiger partial charge on any atom is 0.511 e. The number of benzene rings is 2. The third-order valence-electron chi connectivity index (χ3n) is 6.32. The molecule has 0 aliphatic carbocycles. The van der Waals surface area contributed by atoms with Gasteiger partial charge in [0.2, 0.25) is 0 Å². The molecule has 0 atom stereocenters. The Morgan fingerprint density at radius 2 is 1.72 bits per heavy atom. The number of rotatable bonds is 11. The van der Waals surface area contributed by atoms with E-state index >= 15 is 0 Å². The van der Waals surface area contributed by atoms with E-state index in [9.17, 15) is 14.7 Å². The zero-order chi connectivity index (χ0) is 28.8.